The van der Waals surface area contributed by atoms with Gasteiger partial charge in [0.05, 0.1) is 0 Å². The van der Waals surface area contributed by atoms with Gasteiger partial charge >= 0.3 is 5.97 Å². The second-order valence-electron chi connectivity index (χ2n) is 11.4. The molecule has 0 aromatic carbocycles. The van der Waals surface area contributed by atoms with Crippen LogP contribution in [0.1, 0.15) is 77.2 Å². The van der Waals surface area contributed by atoms with Gasteiger partial charge in [-0.2, -0.15) is 0 Å². The highest BCUT2D eigenvalue weighted by atomic mass is 16.6. The third-order valence-electron chi connectivity index (χ3n) is 9.37. The average Bonchev–Trinajstić information content (AvgIpc) is 3.10. The first kappa shape index (κ1) is 24.0. The number of pyridine rings is 1. The lowest BCUT2D eigenvalue weighted by Gasteiger charge is -2.54. The molecule has 0 N–H and O–H groups in total. The summed E-state index contributed by atoms with van der Waals surface area (Å²) in [6.07, 6.45) is 9.22. The lowest BCUT2D eigenvalue weighted by molar-refractivity contribution is -0.182. The quantitative estimate of drug-likeness (QED) is 0.573. The largest absolute Gasteiger partial charge is 0.451 e. The van der Waals surface area contributed by atoms with E-state index in [9.17, 15) is 14.4 Å². The number of Topliss-reactive ketones (excluding diaryl/α,β-unsaturated/α-hetero) is 1. The number of ether oxygens (including phenoxy) is 1. The second kappa shape index (κ2) is 8.42. The molecule has 0 aliphatic heterocycles. The fourth-order valence-electron chi connectivity index (χ4n) is 7.88. The summed E-state index contributed by atoms with van der Waals surface area (Å²) in [6, 6.07) is 4.20. The summed E-state index contributed by atoms with van der Waals surface area (Å²) < 4.78 is 5.99. The molecule has 0 radical (unpaired) electrons. The van der Waals surface area contributed by atoms with E-state index >= 15 is 0 Å². The average molecular weight is 477 g/mol. The summed E-state index contributed by atoms with van der Waals surface area (Å²) in [5.74, 6) is 1.33. The highest BCUT2D eigenvalue weighted by Gasteiger charge is 2.67. The molecule has 0 saturated heterocycles. The minimum absolute atomic E-state index is 0.0479. The van der Waals surface area contributed by atoms with Crippen LogP contribution in [0, 0.1) is 17.3 Å². The van der Waals surface area contributed by atoms with Crippen molar-refractivity contribution in [2.24, 2.45) is 17.3 Å². The number of ketones is 2. The molecule has 0 bridgehead atoms. The van der Waals surface area contributed by atoms with Crippen molar-refractivity contribution >= 4 is 23.4 Å². The summed E-state index contributed by atoms with van der Waals surface area (Å²) in [7, 11) is 3.95. The number of hydrogen-bond acceptors (Lipinski definition) is 6. The minimum Gasteiger partial charge on any atom is -0.451 e. The van der Waals surface area contributed by atoms with E-state index < -0.39 is 11.0 Å². The van der Waals surface area contributed by atoms with Crippen molar-refractivity contribution < 1.29 is 19.1 Å². The molecule has 5 rings (SSSR count). The molecule has 5 atom stereocenters. The van der Waals surface area contributed by atoms with Crippen LogP contribution in [0.2, 0.25) is 0 Å². The van der Waals surface area contributed by atoms with E-state index in [4.69, 9.17) is 9.72 Å². The molecule has 6 heteroatoms. The van der Waals surface area contributed by atoms with Crippen molar-refractivity contribution in [3.8, 4) is 0 Å². The highest BCUT2D eigenvalue weighted by Crippen LogP contribution is 2.67. The second-order valence-corrected chi connectivity index (χ2v) is 11.4. The third-order valence-corrected chi connectivity index (χ3v) is 9.37. The number of aromatic nitrogens is 1. The first-order valence-corrected chi connectivity index (χ1v) is 12.9. The number of esters is 1. The fraction of sp³-hybridized carbons (Fsp3) is 0.586. The number of fused-ring (bicyclic) bond motifs is 4. The Balaban J connectivity index is 1.68. The van der Waals surface area contributed by atoms with Gasteiger partial charge in [0.2, 0.25) is 0 Å². The minimum atomic E-state index is -1.09. The Kier molecular flexibility index (Phi) is 5.77. The van der Waals surface area contributed by atoms with E-state index in [2.05, 4.69) is 13.0 Å². The monoisotopic (exact) mass is 476 g/mol. The number of nitrogens with zero attached hydrogens (tertiary/aromatic N) is 2. The Morgan fingerprint density at radius 1 is 1.11 bits per heavy atom. The topological polar surface area (TPSA) is 76.6 Å². The van der Waals surface area contributed by atoms with E-state index in [0.29, 0.717) is 18.8 Å². The normalized spacial score (nSPS) is 33.9. The molecular formula is C29H36N2O4. The predicted octanol–water partition coefficient (Wildman–Crippen LogP) is 4.94. The van der Waals surface area contributed by atoms with Gasteiger partial charge in [-0.15, -0.1) is 0 Å². The molecule has 0 amide bonds. The molecule has 35 heavy (non-hydrogen) atoms. The molecule has 4 aliphatic carbocycles. The zero-order valence-corrected chi connectivity index (χ0v) is 21.5. The van der Waals surface area contributed by atoms with Crippen molar-refractivity contribution in [1.29, 1.82) is 0 Å². The number of carbonyl (C=O) groups excluding carboxylic acids is 3. The molecule has 0 spiro atoms. The molecule has 1 heterocycles. The van der Waals surface area contributed by atoms with Gasteiger partial charge in [-0.05, 0) is 86.1 Å². The van der Waals surface area contributed by atoms with Gasteiger partial charge in [0.15, 0.2) is 17.2 Å². The number of hydrogen-bond donors (Lipinski definition) is 0. The van der Waals surface area contributed by atoms with E-state index in [1.807, 2.05) is 37.3 Å². The predicted molar refractivity (Wildman–Crippen MR) is 134 cm³/mol. The van der Waals surface area contributed by atoms with Crippen molar-refractivity contribution in [3.63, 3.8) is 0 Å². The van der Waals surface area contributed by atoms with Gasteiger partial charge in [-0.1, -0.05) is 18.6 Å². The Morgan fingerprint density at radius 3 is 2.51 bits per heavy atom. The molecular weight excluding hydrogens is 440 g/mol. The molecule has 2 saturated carbocycles. The van der Waals surface area contributed by atoms with Crippen LogP contribution in [0.25, 0.3) is 0 Å². The van der Waals surface area contributed by atoms with Crippen LogP contribution in [0.15, 0.2) is 41.1 Å². The zero-order chi connectivity index (χ0) is 25.1. The first-order valence-electron chi connectivity index (χ1n) is 12.9. The van der Waals surface area contributed by atoms with Gasteiger partial charge in [0.25, 0.3) is 0 Å². The van der Waals surface area contributed by atoms with Gasteiger partial charge < -0.3 is 9.64 Å². The van der Waals surface area contributed by atoms with Gasteiger partial charge in [0, 0.05) is 45.0 Å². The van der Waals surface area contributed by atoms with Crippen LogP contribution in [0.5, 0.6) is 0 Å². The van der Waals surface area contributed by atoms with Crippen LogP contribution in [-0.4, -0.2) is 42.2 Å². The summed E-state index contributed by atoms with van der Waals surface area (Å²) in [4.78, 5) is 44.4. The van der Waals surface area contributed by atoms with E-state index in [0.717, 1.165) is 43.5 Å². The molecule has 0 unspecified atom stereocenters. The highest BCUT2D eigenvalue weighted by molar-refractivity contribution is 5.93. The van der Waals surface area contributed by atoms with E-state index in [1.54, 1.807) is 6.92 Å². The van der Waals surface area contributed by atoms with Crippen LogP contribution in [0.3, 0.4) is 0 Å². The lowest BCUT2D eigenvalue weighted by Crippen LogP contribution is -2.57. The molecule has 186 valence electrons. The van der Waals surface area contributed by atoms with Gasteiger partial charge in [-0.3, -0.25) is 14.4 Å². The van der Waals surface area contributed by atoms with Crippen LogP contribution in [-0.2, 0) is 19.1 Å². The molecule has 1 aromatic rings. The SMILES string of the molecule is CC(=O)O[C@]1(C(C)=O)CC[C@H]2[C@@H]3CCC4=CC(=O)CCC4=C3[C@@H](c3ccc(N(C)C)nc3)C[C@@]21C. The maximum absolute atomic E-state index is 13.2. The Morgan fingerprint density at radius 2 is 1.89 bits per heavy atom. The number of anilines is 1. The van der Waals surface area contributed by atoms with Crippen molar-refractivity contribution in [2.75, 3.05) is 19.0 Å². The molecule has 6 nitrogen and oxygen atoms in total. The van der Waals surface area contributed by atoms with E-state index in [-0.39, 0.29) is 29.4 Å². The number of allylic oxidation sites excluding steroid dienone is 4. The Bertz CT molecular complexity index is 1150. The summed E-state index contributed by atoms with van der Waals surface area (Å²) in [5.41, 5.74) is 3.59. The summed E-state index contributed by atoms with van der Waals surface area (Å²) in [5, 5.41) is 0. The molecule has 1 aromatic heterocycles. The maximum atomic E-state index is 13.2. The van der Waals surface area contributed by atoms with Crippen molar-refractivity contribution in [3.05, 3.63) is 46.7 Å². The van der Waals surface area contributed by atoms with Crippen molar-refractivity contribution in [1.82, 2.24) is 4.98 Å². The van der Waals surface area contributed by atoms with E-state index in [1.165, 1.54) is 23.6 Å². The lowest BCUT2D eigenvalue weighted by atomic mass is 9.51. The smallest absolute Gasteiger partial charge is 0.303 e. The Labute approximate surface area is 207 Å². The third kappa shape index (κ3) is 3.59. The standard InChI is InChI=1S/C29H36N2O4/c1-17(32)29(35-18(2)33)13-12-25-23-9-6-19-14-21(34)8-10-22(19)27(23)24(15-28(25,29)3)20-7-11-26(30-16-20)31(4)5/h7,11,14,16,23-25H,6,8-10,12-13,15H2,1-5H3/t23-,24+,25-,28-,29-/m0/s1. The first-order chi connectivity index (χ1) is 16.6. The maximum Gasteiger partial charge on any atom is 0.303 e. The van der Waals surface area contributed by atoms with Crippen LogP contribution < -0.4 is 4.90 Å². The molecule has 2 fully saturated rings. The molecule has 4 aliphatic rings. The van der Waals surface area contributed by atoms with Crippen LogP contribution >= 0.6 is 0 Å². The zero-order valence-electron chi connectivity index (χ0n) is 21.5. The van der Waals surface area contributed by atoms with Crippen molar-refractivity contribution in [2.45, 2.75) is 77.2 Å². The van der Waals surface area contributed by atoms with Gasteiger partial charge in [0.1, 0.15) is 5.82 Å². The number of rotatable bonds is 4. The van der Waals surface area contributed by atoms with Gasteiger partial charge in [-0.25, -0.2) is 4.98 Å². The Hall–Kier alpha value is -2.76. The summed E-state index contributed by atoms with van der Waals surface area (Å²) >= 11 is 0. The fourth-order valence-corrected chi connectivity index (χ4v) is 7.88. The summed E-state index contributed by atoms with van der Waals surface area (Å²) in [6.45, 7) is 5.18. The van der Waals surface area contributed by atoms with Crippen LogP contribution in [0.4, 0.5) is 5.82 Å². The number of carbonyl (C=O) groups is 3.